The van der Waals surface area contributed by atoms with E-state index in [1.807, 2.05) is 24.3 Å². The Labute approximate surface area is 190 Å². The third kappa shape index (κ3) is 5.22. The molecule has 0 aliphatic heterocycles. The maximum Gasteiger partial charge on any atom is 0.343 e. The molecule has 2 nitrogen and oxygen atoms in total. The Morgan fingerprint density at radius 2 is 1.10 bits per heavy atom. The molecule has 0 saturated carbocycles. The zero-order chi connectivity index (χ0) is 22.8. The second-order valence-electron chi connectivity index (χ2n) is 9.84. The summed E-state index contributed by atoms with van der Waals surface area (Å²) in [4.78, 5) is 15.9. The lowest BCUT2D eigenvalue weighted by atomic mass is 9.87. The molecule has 0 bridgehead atoms. The fourth-order valence-electron chi connectivity index (χ4n) is 3.50. The van der Waals surface area contributed by atoms with Gasteiger partial charge in [-0.15, -0.1) is 0 Å². The molecule has 3 heteroatoms. The lowest BCUT2D eigenvalue weighted by Crippen LogP contribution is -2.15. The molecule has 0 saturated heterocycles. The Kier molecular flexibility index (Phi) is 6.66. The molecule has 0 unspecified atom stereocenters. The third-order valence-corrected chi connectivity index (χ3v) is 7.71. The van der Waals surface area contributed by atoms with Crippen LogP contribution >= 0.6 is 0 Å². The van der Waals surface area contributed by atoms with Gasteiger partial charge in [0, 0.05) is 0 Å². The Morgan fingerprint density at radius 3 is 1.48 bits per heavy atom. The van der Waals surface area contributed by atoms with E-state index >= 15 is 0 Å². The van der Waals surface area contributed by atoms with Gasteiger partial charge in [-0.05, 0) is 58.4 Å². The summed E-state index contributed by atoms with van der Waals surface area (Å²) < 4.78 is 5.09. The highest BCUT2D eigenvalue weighted by Crippen LogP contribution is 2.36. The summed E-state index contributed by atoms with van der Waals surface area (Å²) in [5, 5.41) is 0. The molecule has 3 rings (SSSR count). The Hall–Kier alpha value is -2.52. The first-order valence-electron chi connectivity index (χ1n) is 10.6. The molecule has 0 aliphatic rings. The smallest absolute Gasteiger partial charge is 0.343 e. The van der Waals surface area contributed by atoms with Crippen LogP contribution in [0, 0.1) is 0 Å². The van der Waals surface area contributed by atoms with Crippen molar-refractivity contribution in [3.05, 3.63) is 89.5 Å². The maximum atomic E-state index is 12.6. The minimum absolute atomic E-state index is 0.0927. The van der Waals surface area contributed by atoms with Crippen molar-refractivity contribution < 1.29 is 9.53 Å². The highest BCUT2D eigenvalue weighted by Gasteiger charge is 2.34. The van der Waals surface area contributed by atoms with Crippen molar-refractivity contribution in [2.75, 3.05) is 7.11 Å². The van der Waals surface area contributed by atoms with Crippen molar-refractivity contribution in [2.24, 2.45) is 0 Å². The molecule has 3 aromatic rings. The number of carbonyl (C=O) groups is 1. The van der Waals surface area contributed by atoms with Gasteiger partial charge in [-0.1, -0.05) is 77.9 Å². The van der Waals surface area contributed by atoms with Crippen LogP contribution in [0.4, 0.5) is 0 Å². The van der Waals surface area contributed by atoms with E-state index in [1.54, 1.807) is 0 Å². The molecule has 0 aromatic heterocycles. The average Bonchev–Trinajstić information content (AvgIpc) is 2.73. The molecule has 31 heavy (non-hydrogen) atoms. The van der Waals surface area contributed by atoms with Crippen LogP contribution in [0.15, 0.2) is 87.5 Å². The molecule has 0 aliphatic carbocycles. The van der Waals surface area contributed by atoms with Crippen LogP contribution in [0.3, 0.4) is 0 Å². The minimum atomic E-state index is -0.419. The predicted octanol–water partition coefficient (Wildman–Crippen LogP) is 7.16. The van der Waals surface area contributed by atoms with Gasteiger partial charge in [-0.25, -0.2) is 4.79 Å². The summed E-state index contributed by atoms with van der Waals surface area (Å²) in [5.41, 5.74) is 3.39. The molecule has 0 spiro atoms. The van der Waals surface area contributed by atoms with Crippen LogP contribution in [-0.4, -0.2) is 13.1 Å². The van der Waals surface area contributed by atoms with E-state index in [9.17, 15) is 4.79 Å². The number of ether oxygens (including phenoxy) is 1. The second-order valence-corrected chi connectivity index (χ2v) is 11.8. The van der Waals surface area contributed by atoms with Gasteiger partial charge in [0.05, 0.1) is 7.11 Å². The van der Waals surface area contributed by atoms with Crippen molar-refractivity contribution in [1.29, 1.82) is 0 Å². The highest BCUT2D eigenvalue weighted by atomic mass is 32.2. The molecular formula is C28H33O2S+. The summed E-state index contributed by atoms with van der Waals surface area (Å²) in [6.07, 6.45) is 0. The summed E-state index contributed by atoms with van der Waals surface area (Å²) in [6.45, 7) is 13.3. The third-order valence-electron chi connectivity index (χ3n) is 5.42. The summed E-state index contributed by atoms with van der Waals surface area (Å²) in [5.74, 6) is -0.300. The van der Waals surface area contributed by atoms with Crippen LogP contribution < -0.4 is 0 Å². The monoisotopic (exact) mass is 433 g/mol. The van der Waals surface area contributed by atoms with Crippen LogP contribution in [-0.2, 0) is 26.5 Å². The van der Waals surface area contributed by atoms with Crippen molar-refractivity contribution >= 4 is 16.9 Å². The first kappa shape index (κ1) is 23.1. The number of carbonyl (C=O) groups excluding carboxylic acids is 1. The average molecular weight is 434 g/mol. The molecule has 162 valence electrons. The first-order valence-corrected chi connectivity index (χ1v) is 11.9. The zero-order valence-electron chi connectivity index (χ0n) is 19.7. The lowest BCUT2D eigenvalue weighted by molar-refractivity contribution is 0.0596. The van der Waals surface area contributed by atoms with Gasteiger partial charge >= 0.3 is 5.97 Å². The van der Waals surface area contributed by atoms with Crippen LogP contribution in [0.5, 0.6) is 0 Å². The number of benzene rings is 3. The van der Waals surface area contributed by atoms with Gasteiger partial charge < -0.3 is 4.74 Å². The molecule has 0 fully saturated rings. The fraction of sp³-hybridized carbons (Fsp3) is 0.321. The van der Waals surface area contributed by atoms with Crippen LogP contribution in [0.2, 0.25) is 0 Å². The van der Waals surface area contributed by atoms with Gasteiger partial charge in [0.25, 0.3) is 0 Å². The van der Waals surface area contributed by atoms with E-state index < -0.39 is 10.9 Å². The lowest BCUT2D eigenvalue weighted by Gasteiger charge is -2.20. The fourth-order valence-corrected chi connectivity index (χ4v) is 5.68. The molecule has 0 heterocycles. The van der Waals surface area contributed by atoms with E-state index in [1.165, 1.54) is 28.0 Å². The number of hydrogen-bond donors (Lipinski definition) is 0. The van der Waals surface area contributed by atoms with E-state index in [-0.39, 0.29) is 16.8 Å². The number of methoxy groups -OCH3 is 1. The van der Waals surface area contributed by atoms with Crippen LogP contribution in [0.1, 0.15) is 63.0 Å². The summed E-state index contributed by atoms with van der Waals surface area (Å²) in [6, 6.07) is 25.4. The summed E-state index contributed by atoms with van der Waals surface area (Å²) >= 11 is 0. The standard InChI is InChI=1S/C28H33O2S/c1-27(2,3)20-12-16-22(17-13-20)31(23-18-14-21(15-19-23)28(4,5)6)25-11-9-8-10-24(25)26(29)30-7/h8-19H,1-7H3/q+1. The largest absolute Gasteiger partial charge is 0.465 e. The van der Waals surface area contributed by atoms with Crippen molar-refractivity contribution in [3.63, 3.8) is 0 Å². The Morgan fingerprint density at radius 1 is 0.677 bits per heavy atom. The number of rotatable bonds is 4. The van der Waals surface area contributed by atoms with Crippen molar-refractivity contribution in [2.45, 2.75) is 67.1 Å². The summed E-state index contributed by atoms with van der Waals surface area (Å²) in [7, 11) is 1.02. The number of hydrogen-bond acceptors (Lipinski definition) is 2. The normalized spacial score (nSPS) is 12.1. The topological polar surface area (TPSA) is 26.3 Å². The van der Waals surface area contributed by atoms with Gasteiger partial charge in [-0.3, -0.25) is 0 Å². The Bertz CT molecular complexity index is 979. The second kappa shape index (κ2) is 8.92. The first-order chi connectivity index (χ1) is 14.5. The molecule has 0 amide bonds. The molecule has 0 N–H and O–H groups in total. The van der Waals surface area contributed by atoms with E-state index in [0.29, 0.717) is 5.56 Å². The van der Waals surface area contributed by atoms with E-state index in [0.717, 1.165) is 4.90 Å². The zero-order valence-corrected chi connectivity index (χ0v) is 20.5. The molecule has 0 atom stereocenters. The van der Waals surface area contributed by atoms with Gasteiger partial charge in [0.1, 0.15) is 16.5 Å². The molecule has 3 aromatic carbocycles. The van der Waals surface area contributed by atoms with Crippen molar-refractivity contribution in [3.8, 4) is 0 Å². The van der Waals surface area contributed by atoms with Gasteiger partial charge in [0.2, 0.25) is 0 Å². The highest BCUT2D eigenvalue weighted by molar-refractivity contribution is 7.97. The van der Waals surface area contributed by atoms with E-state index in [2.05, 4.69) is 90.1 Å². The maximum absolute atomic E-state index is 12.6. The predicted molar refractivity (Wildman–Crippen MR) is 130 cm³/mol. The molecule has 0 radical (unpaired) electrons. The van der Waals surface area contributed by atoms with Crippen LogP contribution in [0.25, 0.3) is 0 Å². The van der Waals surface area contributed by atoms with Crippen molar-refractivity contribution in [1.82, 2.24) is 0 Å². The molecular weight excluding hydrogens is 400 g/mol. The number of esters is 1. The SMILES string of the molecule is COC(=O)c1ccccc1[S+](c1ccc(C(C)(C)C)cc1)c1ccc(C(C)(C)C)cc1. The van der Waals surface area contributed by atoms with Gasteiger partial charge in [-0.2, -0.15) is 0 Å². The Balaban J connectivity index is 2.17. The van der Waals surface area contributed by atoms with E-state index in [4.69, 9.17) is 4.74 Å². The minimum Gasteiger partial charge on any atom is -0.465 e. The van der Waals surface area contributed by atoms with Gasteiger partial charge in [0.15, 0.2) is 14.7 Å². The quantitative estimate of drug-likeness (QED) is 0.322.